The normalized spacial score (nSPS) is 17.3. The number of rotatable bonds is 7. The highest BCUT2D eigenvalue weighted by Crippen LogP contribution is 2.47. The van der Waals surface area contributed by atoms with Crippen molar-refractivity contribution in [3.63, 3.8) is 0 Å². The maximum absolute atomic E-state index is 15.0. The minimum Gasteiger partial charge on any atom is -0.361 e. The molecule has 7 heteroatoms. The minimum atomic E-state index is -0.826. The lowest BCUT2D eigenvalue weighted by molar-refractivity contribution is -0.0163. The van der Waals surface area contributed by atoms with E-state index in [0.717, 1.165) is 35.2 Å². The molecule has 1 aromatic heterocycles. The molecular formula is C27H26F2N4O. The highest BCUT2D eigenvalue weighted by atomic mass is 19.1. The zero-order chi connectivity index (χ0) is 23.7. The molecule has 0 aliphatic carbocycles. The monoisotopic (exact) mass is 460 g/mol. The number of ether oxygens (including phenoxy) is 1. The summed E-state index contributed by atoms with van der Waals surface area (Å²) in [4.78, 5) is 6.71. The van der Waals surface area contributed by atoms with Crippen molar-refractivity contribution in [1.29, 1.82) is 0 Å². The molecule has 3 aromatic carbocycles. The first-order valence-corrected chi connectivity index (χ1v) is 11.3. The van der Waals surface area contributed by atoms with Crippen molar-refractivity contribution in [2.75, 3.05) is 20.6 Å². The van der Waals surface area contributed by atoms with E-state index in [1.807, 2.05) is 44.4 Å². The number of halogens is 2. The molecule has 0 bridgehead atoms. The summed E-state index contributed by atoms with van der Waals surface area (Å²) in [7, 11) is 4.06. The van der Waals surface area contributed by atoms with Crippen LogP contribution in [0.4, 0.5) is 8.78 Å². The summed E-state index contributed by atoms with van der Waals surface area (Å²) in [5.74, 6) is 0.544. The maximum atomic E-state index is 15.0. The van der Waals surface area contributed by atoms with Gasteiger partial charge in [-0.25, -0.2) is 13.8 Å². The fraction of sp³-hybridized carbons (Fsp3) is 0.259. The Morgan fingerprint density at radius 1 is 0.971 bits per heavy atom. The standard InChI is InChI=1S/C27H26F2N4O/c1-33(2)15-5-14-27(23-6-3-4-7-24(23)29)22-13-10-19(16-20(22)17-34-27)26-30-25(31-32-26)18-8-11-21(28)12-9-18/h3-4,6-13,16H,5,14-15,17H2,1-2H3,(H,30,31,32)/t27-/m0/s1. The third-order valence-corrected chi connectivity index (χ3v) is 6.32. The fourth-order valence-electron chi connectivity index (χ4n) is 4.65. The average Bonchev–Trinajstić information content (AvgIpc) is 3.46. The van der Waals surface area contributed by atoms with Crippen LogP contribution in [0.1, 0.15) is 29.5 Å². The van der Waals surface area contributed by atoms with Gasteiger partial charge in [0.1, 0.15) is 17.2 Å². The first-order valence-electron chi connectivity index (χ1n) is 11.3. The molecule has 174 valence electrons. The molecule has 0 saturated heterocycles. The van der Waals surface area contributed by atoms with Gasteiger partial charge in [-0.05, 0) is 81.0 Å². The Morgan fingerprint density at radius 3 is 2.50 bits per heavy atom. The molecule has 0 fully saturated rings. The quantitative estimate of drug-likeness (QED) is 0.394. The molecule has 1 atom stereocenters. The van der Waals surface area contributed by atoms with E-state index in [9.17, 15) is 8.78 Å². The molecule has 34 heavy (non-hydrogen) atoms. The van der Waals surface area contributed by atoms with Crippen molar-refractivity contribution < 1.29 is 13.5 Å². The molecule has 0 saturated carbocycles. The van der Waals surface area contributed by atoms with Gasteiger partial charge in [0.05, 0.1) is 6.61 Å². The van der Waals surface area contributed by atoms with E-state index < -0.39 is 5.60 Å². The van der Waals surface area contributed by atoms with Gasteiger partial charge in [-0.2, -0.15) is 5.10 Å². The molecule has 0 amide bonds. The van der Waals surface area contributed by atoms with Crippen LogP contribution in [0.25, 0.3) is 22.8 Å². The largest absolute Gasteiger partial charge is 0.361 e. The second kappa shape index (κ2) is 9.08. The topological polar surface area (TPSA) is 54.0 Å². The van der Waals surface area contributed by atoms with Crippen LogP contribution < -0.4 is 0 Å². The third kappa shape index (κ3) is 4.13. The second-order valence-electron chi connectivity index (χ2n) is 8.89. The van der Waals surface area contributed by atoms with E-state index in [2.05, 4.69) is 20.1 Å². The number of aromatic amines is 1. The van der Waals surface area contributed by atoms with Crippen molar-refractivity contribution in [3.8, 4) is 22.8 Å². The molecule has 5 rings (SSSR count). The van der Waals surface area contributed by atoms with Crippen LogP contribution in [-0.4, -0.2) is 40.7 Å². The summed E-state index contributed by atoms with van der Waals surface area (Å²) in [6, 6.07) is 18.9. The van der Waals surface area contributed by atoms with Gasteiger partial charge in [0.25, 0.3) is 0 Å². The van der Waals surface area contributed by atoms with Crippen molar-refractivity contribution in [3.05, 3.63) is 95.1 Å². The second-order valence-corrected chi connectivity index (χ2v) is 8.89. The van der Waals surface area contributed by atoms with Crippen molar-refractivity contribution >= 4 is 0 Å². The molecule has 2 heterocycles. The highest BCUT2D eigenvalue weighted by Gasteiger charge is 2.43. The lowest BCUT2D eigenvalue weighted by Crippen LogP contribution is -2.29. The van der Waals surface area contributed by atoms with E-state index in [4.69, 9.17) is 4.74 Å². The number of benzene rings is 3. The summed E-state index contributed by atoms with van der Waals surface area (Å²) < 4.78 is 34.6. The number of H-pyrrole nitrogens is 1. The van der Waals surface area contributed by atoms with Gasteiger partial charge in [0, 0.05) is 16.7 Å². The van der Waals surface area contributed by atoms with Gasteiger partial charge in [-0.1, -0.05) is 30.3 Å². The Bertz CT molecular complexity index is 1300. The number of nitrogens with zero attached hydrogens (tertiary/aromatic N) is 3. The van der Waals surface area contributed by atoms with Crippen molar-refractivity contribution in [2.24, 2.45) is 0 Å². The summed E-state index contributed by atoms with van der Waals surface area (Å²) in [6.45, 7) is 1.27. The number of aromatic nitrogens is 3. The van der Waals surface area contributed by atoms with Crippen molar-refractivity contribution in [1.82, 2.24) is 20.1 Å². The molecule has 1 aliphatic rings. The maximum Gasteiger partial charge on any atom is 0.181 e. The van der Waals surface area contributed by atoms with Crippen LogP contribution in [0.2, 0.25) is 0 Å². The summed E-state index contributed by atoms with van der Waals surface area (Å²) >= 11 is 0. The van der Waals surface area contributed by atoms with Crippen molar-refractivity contribution in [2.45, 2.75) is 25.0 Å². The smallest absolute Gasteiger partial charge is 0.181 e. The number of nitrogens with one attached hydrogen (secondary N) is 1. The zero-order valence-corrected chi connectivity index (χ0v) is 19.2. The van der Waals surface area contributed by atoms with Gasteiger partial charge < -0.3 is 9.64 Å². The van der Waals surface area contributed by atoms with E-state index in [1.54, 1.807) is 18.2 Å². The number of hydrogen-bond acceptors (Lipinski definition) is 4. The predicted molar refractivity (Wildman–Crippen MR) is 127 cm³/mol. The molecule has 5 nitrogen and oxygen atoms in total. The number of fused-ring (bicyclic) bond motifs is 1. The predicted octanol–water partition coefficient (Wildman–Crippen LogP) is 5.53. The first kappa shape index (κ1) is 22.4. The zero-order valence-electron chi connectivity index (χ0n) is 19.2. The SMILES string of the molecule is CN(C)CCC[C@]1(c2ccccc2F)OCc2cc(-c3n[nH]c(-c4ccc(F)cc4)n3)ccc21. The minimum absolute atomic E-state index is 0.262. The Kier molecular flexibility index (Phi) is 5.98. The van der Waals surface area contributed by atoms with Gasteiger partial charge in [-0.15, -0.1) is 0 Å². The molecule has 1 aliphatic heterocycles. The van der Waals surface area contributed by atoms with Gasteiger partial charge in [0.2, 0.25) is 0 Å². The lowest BCUT2D eigenvalue weighted by Gasteiger charge is -2.31. The third-order valence-electron chi connectivity index (χ3n) is 6.32. The first-order chi connectivity index (χ1) is 16.5. The van der Waals surface area contributed by atoms with E-state index in [-0.39, 0.29) is 11.6 Å². The van der Waals surface area contributed by atoms with Gasteiger partial charge in [0.15, 0.2) is 11.6 Å². The van der Waals surface area contributed by atoms with Gasteiger partial charge in [-0.3, -0.25) is 5.10 Å². The lowest BCUT2D eigenvalue weighted by atomic mass is 9.81. The highest BCUT2D eigenvalue weighted by molar-refractivity contribution is 5.63. The fourth-order valence-corrected chi connectivity index (χ4v) is 4.65. The summed E-state index contributed by atoms with van der Waals surface area (Å²) in [5, 5.41) is 7.28. The molecule has 4 aromatic rings. The van der Waals surface area contributed by atoms with Crippen LogP contribution in [-0.2, 0) is 16.9 Å². The Balaban J connectivity index is 1.49. The number of hydrogen-bond donors (Lipinski definition) is 1. The van der Waals surface area contributed by atoms with Crippen LogP contribution >= 0.6 is 0 Å². The van der Waals surface area contributed by atoms with E-state index in [0.29, 0.717) is 30.2 Å². The van der Waals surface area contributed by atoms with Gasteiger partial charge >= 0.3 is 0 Å². The molecule has 0 spiro atoms. The molecular weight excluding hydrogens is 434 g/mol. The molecule has 0 radical (unpaired) electrons. The van der Waals surface area contributed by atoms with Crippen LogP contribution in [0.15, 0.2) is 66.7 Å². The van der Waals surface area contributed by atoms with E-state index >= 15 is 0 Å². The van der Waals surface area contributed by atoms with Crippen LogP contribution in [0.3, 0.4) is 0 Å². The average molecular weight is 461 g/mol. The summed E-state index contributed by atoms with van der Waals surface area (Å²) in [6.07, 6.45) is 1.54. The Morgan fingerprint density at radius 2 is 1.74 bits per heavy atom. The Hall–Kier alpha value is -3.42. The molecule has 1 N–H and O–H groups in total. The van der Waals surface area contributed by atoms with Crippen LogP contribution in [0, 0.1) is 11.6 Å². The van der Waals surface area contributed by atoms with E-state index in [1.165, 1.54) is 18.2 Å². The Labute approximate surface area is 197 Å². The summed E-state index contributed by atoms with van der Waals surface area (Å²) in [5.41, 5.74) is 3.31. The van der Waals surface area contributed by atoms with Crippen LogP contribution in [0.5, 0.6) is 0 Å². The molecule has 0 unspecified atom stereocenters.